The Morgan fingerprint density at radius 3 is 2.33 bits per heavy atom. The SMILES string of the molecule is C[C@H]1c2ccc(C(C)(C)CCCN3CCCC3)c(O)c2C(=O)C2C(=O)[C@]3(O)C(=O)C(C(N)=O)C(=O)[C@@H](N(C)C)[C@@H]3[C@@H](O)[C@@H]21. The number of benzene rings is 1. The molecule has 5 rings (SSSR count). The highest BCUT2D eigenvalue weighted by atomic mass is 16.3. The van der Waals surface area contributed by atoms with Crippen molar-refractivity contribution in [3.63, 3.8) is 0 Å². The summed E-state index contributed by atoms with van der Waals surface area (Å²) >= 11 is 0. The minimum atomic E-state index is -3.00. The largest absolute Gasteiger partial charge is 0.507 e. The second-order valence-electron chi connectivity index (χ2n) is 13.8. The molecule has 11 heteroatoms. The number of carbonyl (C=O) groups is 5. The van der Waals surface area contributed by atoms with Crippen LogP contribution in [-0.2, 0) is 24.6 Å². The van der Waals surface area contributed by atoms with E-state index >= 15 is 0 Å². The molecule has 234 valence electrons. The fourth-order valence-electron chi connectivity index (χ4n) is 8.42. The number of aliphatic hydroxyl groups is 2. The Kier molecular flexibility index (Phi) is 7.95. The molecule has 0 radical (unpaired) electrons. The number of phenolic OH excluding ortho intramolecular Hbond substituents is 1. The Bertz CT molecular complexity index is 1380. The molecule has 0 spiro atoms. The zero-order chi connectivity index (χ0) is 31.8. The number of fused-ring (bicyclic) bond motifs is 3. The normalized spacial score (nSPS) is 34.7. The number of ketones is 4. The maximum absolute atomic E-state index is 14.2. The highest BCUT2D eigenvalue weighted by Gasteiger charge is 2.73. The third-order valence-electron chi connectivity index (χ3n) is 10.7. The first kappa shape index (κ1) is 31.4. The molecule has 0 aromatic heterocycles. The number of Topliss-reactive ketones (excluding diaryl/α,β-unsaturated/α-hetero) is 4. The Balaban J connectivity index is 1.56. The number of rotatable bonds is 7. The van der Waals surface area contributed by atoms with Crippen LogP contribution in [0.1, 0.15) is 73.9 Å². The third-order valence-corrected chi connectivity index (χ3v) is 10.7. The Morgan fingerprint density at radius 2 is 1.74 bits per heavy atom. The minimum absolute atomic E-state index is 0.0589. The first-order valence-electron chi connectivity index (χ1n) is 15.2. The van der Waals surface area contributed by atoms with Gasteiger partial charge in [-0.25, -0.2) is 0 Å². The number of hydrogen-bond donors (Lipinski definition) is 4. The molecule has 11 nitrogen and oxygen atoms in total. The smallest absolute Gasteiger partial charge is 0.235 e. The van der Waals surface area contributed by atoms with E-state index < -0.39 is 81.8 Å². The molecule has 0 bridgehead atoms. The van der Waals surface area contributed by atoms with Gasteiger partial charge < -0.3 is 26.0 Å². The summed E-state index contributed by atoms with van der Waals surface area (Å²) < 4.78 is 0. The topological polar surface area (TPSA) is 179 Å². The molecule has 1 aromatic carbocycles. The second-order valence-corrected chi connectivity index (χ2v) is 13.8. The van der Waals surface area contributed by atoms with Gasteiger partial charge in [-0.05, 0) is 76.3 Å². The molecule has 43 heavy (non-hydrogen) atoms. The molecule has 1 aromatic rings. The van der Waals surface area contributed by atoms with Crippen molar-refractivity contribution in [2.24, 2.45) is 29.4 Å². The molecular weight excluding hydrogens is 554 g/mol. The van der Waals surface area contributed by atoms with E-state index in [1.807, 2.05) is 13.8 Å². The summed E-state index contributed by atoms with van der Waals surface area (Å²) in [5, 5.41) is 35.1. The fourth-order valence-corrected chi connectivity index (χ4v) is 8.42. The summed E-state index contributed by atoms with van der Waals surface area (Å²) in [6.45, 7) is 8.80. The van der Waals surface area contributed by atoms with Crippen LogP contribution < -0.4 is 5.73 Å². The van der Waals surface area contributed by atoms with Gasteiger partial charge in [0.05, 0.1) is 29.5 Å². The molecule has 1 aliphatic heterocycles. The van der Waals surface area contributed by atoms with Gasteiger partial charge in [-0.1, -0.05) is 32.9 Å². The Morgan fingerprint density at radius 1 is 1.12 bits per heavy atom. The number of aliphatic hydroxyl groups excluding tert-OH is 1. The zero-order valence-electron chi connectivity index (χ0n) is 25.5. The summed E-state index contributed by atoms with van der Waals surface area (Å²) in [6.07, 6.45) is 2.39. The van der Waals surface area contributed by atoms with E-state index in [-0.39, 0.29) is 11.3 Å². The van der Waals surface area contributed by atoms with Crippen LogP contribution in [0, 0.1) is 23.7 Å². The highest BCUT2D eigenvalue weighted by molar-refractivity contribution is 6.32. The lowest BCUT2D eigenvalue weighted by Gasteiger charge is -2.56. The fraction of sp³-hybridized carbons (Fsp3) is 0.656. The molecule has 4 aliphatic rings. The van der Waals surface area contributed by atoms with Gasteiger partial charge in [-0.15, -0.1) is 0 Å². The Hall–Kier alpha value is -2.99. The number of likely N-dealkylation sites (tertiary alicyclic amines) is 1. The van der Waals surface area contributed by atoms with Crippen LogP contribution >= 0.6 is 0 Å². The average molecular weight is 598 g/mol. The number of aromatic hydroxyl groups is 1. The number of phenols is 1. The van der Waals surface area contributed by atoms with Gasteiger partial charge in [-0.3, -0.25) is 28.9 Å². The maximum Gasteiger partial charge on any atom is 0.235 e. The van der Waals surface area contributed by atoms with Crippen molar-refractivity contribution >= 4 is 29.0 Å². The molecule has 1 heterocycles. The zero-order valence-corrected chi connectivity index (χ0v) is 25.5. The summed E-state index contributed by atoms with van der Waals surface area (Å²) in [7, 11) is 2.94. The number of nitrogens with two attached hydrogens (primary N) is 1. The lowest BCUT2D eigenvalue weighted by Crippen LogP contribution is -2.77. The van der Waals surface area contributed by atoms with E-state index in [1.54, 1.807) is 19.1 Å². The molecule has 3 aliphatic carbocycles. The number of hydrogen-bond acceptors (Lipinski definition) is 10. The van der Waals surface area contributed by atoms with Gasteiger partial charge in [0.2, 0.25) is 5.91 Å². The van der Waals surface area contributed by atoms with Crippen molar-refractivity contribution in [2.45, 2.75) is 75.5 Å². The quantitative estimate of drug-likeness (QED) is 0.325. The van der Waals surface area contributed by atoms with E-state index in [1.165, 1.54) is 31.8 Å². The number of primary amides is 1. The lowest BCUT2D eigenvalue weighted by molar-refractivity contribution is -0.196. The van der Waals surface area contributed by atoms with E-state index in [2.05, 4.69) is 4.90 Å². The number of carbonyl (C=O) groups excluding carboxylic acids is 5. The summed E-state index contributed by atoms with van der Waals surface area (Å²) in [4.78, 5) is 71.1. The van der Waals surface area contributed by atoms with Crippen LogP contribution in [0.5, 0.6) is 5.75 Å². The molecule has 8 atom stereocenters. The van der Waals surface area contributed by atoms with Crippen molar-refractivity contribution in [1.29, 1.82) is 0 Å². The number of likely N-dealkylation sites (N-methyl/N-ethyl adjacent to an activating group) is 1. The van der Waals surface area contributed by atoms with Gasteiger partial charge >= 0.3 is 0 Å². The van der Waals surface area contributed by atoms with Crippen molar-refractivity contribution in [3.8, 4) is 5.75 Å². The van der Waals surface area contributed by atoms with Crippen LogP contribution in [0.4, 0.5) is 0 Å². The molecule has 1 amide bonds. The van der Waals surface area contributed by atoms with Gasteiger partial charge in [0, 0.05) is 11.5 Å². The second kappa shape index (κ2) is 10.9. The molecule has 2 unspecified atom stereocenters. The molecule has 3 fully saturated rings. The first-order chi connectivity index (χ1) is 20.1. The van der Waals surface area contributed by atoms with Crippen LogP contribution in [0.15, 0.2) is 12.1 Å². The standard InChI is InChI=1S/C32H43N3O8/c1-15-16-9-10-17(31(2,3)11-8-14-35-12-6-7-13-35)24(36)19(16)25(37)20-18(15)26(38)22-23(34(4)5)27(39)21(30(33)42)29(41)32(22,43)28(20)40/h9-10,15,18,20-23,26,36,38,43H,6-8,11-14H2,1-5H3,(H2,33,42)/t15-,18+,20?,21?,22+,23-,26-,32-/m0/s1. The van der Waals surface area contributed by atoms with E-state index in [4.69, 9.17) is 5.73 Å². The van der Waals surface area contributed by atoms with E-state index in [9.17, 15) is 39.3 Å². The van der Waals surface area contributed by atoms with Crippen molar-refractivity contribution < 1.29 is 39.3 Å². The third kappa shape index (κ3) is 4.58. The van der Waals surface area contributed by atoms with Gasteiger partial charge in [-0.2, -0.15) is 0 Å². The summed E-state index contributed by atoms with van der Waals surface area (Å²) in [5.74, 6) is -13.0. The Labute approximate surface area is 251 Å². The average Bonchev–Trinajstić information content (AvgIpc) is 3.43. The monoisotopic (exact) mass is 597 g/mol. The van der Waals surface area contributed by atoms with Gasteiger partial charge in [0.25, 0.3) is 0 Å². The minimum Gasteiger partial charge on any atom is -0.507 e. The van der Waals surface area contributed by atoms with E-state index in [0.717, 1.165) is 32.5 Å². The molecule has 5 N–H and O–H groups in total. The lowest BCUT2D eigenvalue weighted by atomic mass is 9.49. The van der Waals surface area contributed by atoms with Crippen molar-refractivity contribution in [1.82, 2.24) is 9.80 Å². The number of amides is 1. The molecule has 1 saturated heterocycles. The van der Waals surface area contributed by atoms with Gasteiger partial charge in [0.15, 0.2) is 34.7 Å². The molecule has 2 saturated carbocycles. The van der Waals surface area contributed by atoms with Crippen LogP contribution in [0.25, 0.3) is 0 Å². The molecular formula is C32H43N3O8. The van der Waals surface area contributed by atoms with Crippen LogP contribution in [0.3, 0.4) is 0 Å². The highest BCUT2D eigenvalue weighted by Crippen LogP contribution is 2.55. The number of nitrogens with zero attached hydrogens (tertiary/aromatic N) is 2. The van der Waals surface area contributed by atoms with Gasteiger partial charge in [0.1, 0.15) is 5.75 Å². The van der Waals surface area contributed by atoms with Crippen LogP contribution in [-0.4, -0.2) is 106 Å². The van der Waals surface area contributed by atoms with E-state index in [0.29, 0.717) is 11.1 Å². The predicted octanol–water partition coefficient (Wildman–Crippen LogP) is 0.552. The summed E-state index contributed by atoms with van der Waals surface area (Å²) in [6, 6.07) is 2.14. The van der Waals surface area contributed by atoms with Crippen molar-refractivity contribution in [3.05, 3.63) is 28.8 Å². The summed E-state index contributed by atoms with van der Waals surface area (Å²) in [5.41, 5.74) is 2.80. The maximum atomic E-state index is 14.2. The predicted molar refractivity (Wildman–Crippen MR) is 155 cm³/mol. The first-order valence-corrected chi connectivity index (χ1v) is 15.2. The van der Waals surface area contributed by atoms with Crippen molar-refractivity contribution in [2.75, 3.05) is 33.7 Å². The van der Waals surface area contributed by atoms with Crippen LogP contribution in [0.2, 0.25) is 0 Å².